The molecule has 0 unspecified atom stereocenters. The Balaban J connectivity index is 1.46. The molecular weight excluding hydrogens is 562 g/mol. The summed E-state index contributed by atoms with van der Waals surface area (Å²) in [4.78, 5) is 56.4. The van der Waals surface area contributed by atoms with Crippen LogP contribution in [0.2, 0.25) is 0 Å². The highest BCUT2D eigenvalue weighted by molar-refractivity contribution is 5.98. The van der Waals surface area contributed by atoms with Crippen molar-refractivity contribution in [2.45, 2.75) is 77.7 Å². The summed E-state index contributed by atoms with van der Waals surface area (Å²) in [5.74, 6) is -1.53. The van der Waals surface area contributed by atoms with Crippen LogP contribution < -0.4 is 16.0 Å². The molecule has 44 heavy (non-hydrogen) atoms. The Hall–Kier alpha value is -4.55. The van der Waals surface area contributed by atoms with Crippen LogP contribution in [0.15, 0.2) is 42.6 Å². The average Bonchev–Trinajstić information content (AvgIpc) is 3.72. The quantitative estimate of drug-likeness (QED) is 0.382. The number of aryl methyl sites for hydroxylation is 1. The Morgan fingerprint density at radius 1 is 1.02 bits per heavy atom. The molecule has 3 aromatic rings. The highest BCUT2D eigenvalue weighted by Gasteiger charge is 2.43. The summed E-state index contributed by atoms with van der Waals surface area (Å²) in [6.45, 7) is 8.15. The zero-order valence-corrected chi connectivity index (χ0v) is 25.9. The second-order valence-corrected chi connectivity index (χ2v) is 12.5. The molecule has 4 amide bonds. The van der Waals surface area contributed by atoms with Gasteiger partial charge in [-0.2, -0.15) is 5.10 Å². The molecule has 5 rings (SSSR count). The maximum atomic E-state index is 14.0. The summed E-state index contributed by atoms with van der Waals surface area (Å²) in [7, 11) is 1.72. The summed E-state index contributed by atoms with van der Waals surface area (Å²) in [5.41, 5.74) is 2.59. The lowest BCUT2D eigenvalue weighted by Crippen LogP contribution is -2.58. The zero-order valence-electron chi connectivity index (χ0n) is 25.9. The molecule has 3 N–H and O–H groups in total. The molecule has 13 nitrogen and oxygen atoms in total. The normalized spacial score (nSPS) is 22.8. The third-order valence-electron chi connectivity index (χ3n) is 8.15. The van der Waals surface area contributed by atoms with Gasteiger partial charge in [0.05, 0.1) is 24.5 Å². The highest BCUT2D eigenvalue weighted by Crippen LogP contribution is 2.29. The zero-order chi connectivity index (χ0) is 31.5. The summed E-state index contributed by atoms with van der Waals surface area (Å²) < 4.78 is 3.20. The molecule has 1 saturated heterocycles. The third kappa shape index (κ3) is 6.81. The van der Waals surface area contributed by atoms with Gasteiger partial charge in [-0.15, -0.1) is 5.10 Å². The number of likely N-dealkylation sites (tertiary alicyclic amines) is 1. The summed E-state index contributed by atoms with van der Waals surface area (Å²) >= 11 is 0. The van der Waals surface area contributed by atoms with Crippen LogP contribution in [0.4, 0.5) is 0 Å². The molecule has 0 spiro atoms. The fourth-order valence-electron chi connectivity index (χ4n) is 5.85. The minimum atomic E-state index is -0.929. The summed E-state index contributed by atoms with van der Waals surface area (Å²) in [6.07, 6.45) is 3.00. The number of nitrogens with zero attached hydrogens (tertiary/aromatic N) is 6. The van der Waals surface area contributed by atoms with Gasteiger partial charge in [0.15, 0.2) is 0 Å². The van der Waals surface area contributed by atoms with Crippen LogP contribution >= 0.6 is 0 Å². The Morgan fingerprint density at radius 3 is 2.48 bits per heavy atom. The van der Waals surface area contributed by atoms with Gasteiger partial charge in [-0.25, -0.2) is 4.68 Å². The van der Waals surface area contributed by atoms with Crippen molar-refractivity contribution in [1.29, 1.82) is 0 Å². The van der Waals surface area contributed by atoms with E-state index in [-0.39, 0.29) is 49.7 Å². The maximum Gasteiger partial charge on any atom is 0.272 e. The molecule has 4 bridgehead atoms. The Kier molecular flexibility index (Phi) is 9.12. The lowest BCUT2D eigenvalue weighted by Gasteiger charge is -2.28. The number of aromatic nitrogens is 5. The van der Waals surface area contributed by atoms with Gasteiger partial charge < -0.3 is 20.9 Å². The minimum absolute atomic E-state index is 0.108. The first-order valence-corrected chi connectivity index (χ1v) is 15.2. The van der Waals surface area contributed by atoms with Crippen molar-refractivity contribution in [3.8, 4) is 0 Å². The van der Waals surface area contributed by atoms with Gasteiger partial charge in [-0.05, 0) is 29.9 Å². The molecule has 0 radical (unpaired) electrons. The predicted octanol–water partition coefficient (Wildman–Crippen LogP) is 1.16. The van der Waals surface area contributed by atoms with E-state index in [1.54, 1.807) is 33.6 Å². The Bertz CT molecular complexity index is 1510. The molecule has 2 aromatic heterocycles. The van der Waals surface area contributed by atoms with Gasteiger partial charge in [0, 0.05) is 26.4 Å². The van der Waals surface area contributed by atoms with E-state index in [1.807, 2.05) is 44.2 Å². The first-order chi connectivity index (χ1) is 21.0. The average molecular weight is 604 g/mol. The molecule has 0 aliphatic carbocycles. The topological polar surface area (TPSA) is 156 Å². The maximum absolute atomic E-state index is 14.0. The van der Waals surface area contributed by atoms with Crippen LogP contribution in [-0.4, -0.2) is 78.0 Å². The number of hydrogen-bond donors (Lipinski definition) is 3. The van der Waals surface area contributed by atoms with Crippen molar-refractivity contribution in [2.75, 3.05) is 6.54 Å². The van der Waals surface area contributed by atoms with Crippen molar-refractivity contribution in [2.24, 2.45) is 18.9 Å². The fourth-order valence-corrected chi connectivity index (χ4v) is 5.85. The van der Waals surface area contributed by atoms with Crippen LogP contribution in [-0.2, 0) is 40.8 Å². The van der Waals surface area contributed by atoms with Gasteiger partial charge in [0.2, 0.25) is 17.7 Å². The molecule has 2 aliphatic heterocycles. The van der Waals surface area contributed by atoms with E-state index in [9.17, 15) is 19.2 Å². The summed E-state index contributed by atoms with van der Waals surface area (Å²) in [6, 6.07) is 8.17. The van der Waals surface area contributed by atoms with Crippen molar-refractivity contribution < 1.29 is 19.2 Å². The number of fused-ring (bicyclic) bond motifs is 5. The Morgan fingerprint density at radius 2 is 1.77 bits per heavy atom. The van der Waals surface area contributed by atoms with Crippen LogP contribution in [0.25, 0.3) is 0 Å². The van der Waals surface area contributed by atoms with Gasteiger partial charge in [-0.3, -0.25) is 23.9 Å². The molecule has 2 aliphatic rings. The number of carbonyl (C=O) groups excluding carboxylic acids is 4. The number of nitrogens with one attached hydrogen (secondary N) is 3. The van der Waals surface area contributed by atoms with Crippen LogP contribution in [0, 0.1) is 11.8 Å². The standard InChI is InChI=1S/C31H41N9O4/c1-18(2)11-21-13-26(38(5)36-21)31(44)39-17-23-14-25(39)29(42)34-27(19(3)4)30(43)33-24(12-20-9-7-6-8-10-20)28(41)32-15-22-16-40(23)37-35-22/h6-10,13,16,18-19,23-25,27H,11-12,14-15,17H2,1-5H3,(H,32,41)(H,33,43)(H,34,42)/t23-,24+,25-,27-/m0/s1. The number of benzene rings is 1. The van der Waals surface area contributed by atoms with Gasteiger partial charge >= 0.3 is 0 Å². The lowest BCUT2D eigenvalue weighted by atomic mass is 10.00. The number of carbonyl (C=O) groups is 4. The number of amides is 4. The van der Waals surface area contributed by atoms with Crippen molar-refractivity contribution >= 4 is 23.6 Å². The minimum Gasteiger partial charge on any atom is -0.349 e. The van der Waals surface area contributed by atoms with E-state index in [0.717, 1.165) is 17.7 Å². The van der Waals surface area contributed by atoms with E-state index in [0.29, 0.717) is 17.3 Å². The SMILES string of the molecule is CC(C)Cc1cc(C(=O)N2C[C@@H]3C[C@H]2C(=O)N[C@@H](C(C)C)C(=O)N[C@H](Cc2ccccc2)C(=O)NCc2cn3nn2)n(C)n1. The van der Waals surface area contributed by atoms with Crippen LogP contribution in [0.1, 0.15) is 67.6 Å². The van der Waals surface area contributed by atoms with Gasteiger partial charge in [0.25, 0.3) is 5.91 Å². The smallest absolute Gasteiger partial charge is 0.272 e. The monoisotopic (exact) mass is 603 g/mol. The molecule has 234 valence electrons. The first-order valence-electron chi connectivity index (χ1n) is 15.2. The Labute approximate surface area is 256 Å². The third-order valence-corrected chi connectivity index (χ3v) is 8.15. The number of hydrogen-bond acceptors (Lipinski definition) is 7. The molecule has 0 saturated carbocycles. The number of rotatable bonds is 6. The molecule has 4 heterocycles. The fraction of sp³-hybridized carbons (Fsp3) is 0.516. The van der Waals surface area contributed by atoms with E-state index in [4.69, 9.17) is 0 Å². The highest BCUT2D eigenvalue weighted by atomic mass is 16.2. The predicted molar refractivity (Wildman–Crippen MR) is 161 cm³/mol. The molecule has 1 fully saturated rings. The van der Waals surface area contributed by atoms with Crippen molar-refractivity contribution in [3.63, 3.8) is 0 Å². The van der Waals surface area contributed by atoms with E-state index >= 15 is 0 Å². The largest absolute Gasteiger partial charge is 0.349 e. The molecular formula is C31H41N9O4. The van der Waals surface area contributed by atoms with Crippen LogP contribution in [0.5, 0.6) is 0 Å². The summed E-state index contributed by atoms with van der Waals surface area (Å²) in [5, 5.41) is 21.7. The van der Waals surface area contributed by atoms with Crippen LogP contribution in [0.3, 0.4) is 0 Å². The van der Waals surface area contributed by atoms with Gasteiger partial charge in [-0.1, -0.05) is 63.2 Å². The van der Waals surface area contributed by atoms with Gasteiger partial charge in [0.1, 0.15) is 29.5 Å². The molecule has 1 aromatic carbocycles. The van der Waals surface area contributed by atoms with Crippen molar-refractivity contribution in [1.82, 2.24) is 45.6 Å². The lowest BCUT2D eigenvalue weighted by molar-refractivity contribution is -0.134. The van der Waals surface area contributed by atoms with Crippen molar-refractivity contribution in [3.05, 3.63) is 65.2 Å². The molecule has 4 atom stereocenters. The second-order valence-electron chi connectivity index (χ2n) is 12.5. The first kappa shape index (κ1) is 30.9. The van der Waals surface area contributed by atoms with E-state index in [1.165, 1.54) is 0 Å². The second kappa shape index (κ2) is 13.0. The molecule has 13 heteroatoms. The van der Waals surface area contributed by atoms with E-state index < -0.39 is 29.9 Å². The van der Waals surface area contributed by atoms with E-state index in [2.05, 4.69) is 45.2 Å².